The molecule has 1 aromatic rings. The minimum atomic E-state index is -0.989. The van der Waals surface area contributed by atoms with E-state index in [1.165, 1.54) is 16.7 Å². The molecule has 1 fully saturated rings. The summed E-state index contributed by atoms with van der Waals surface area (Å²) >= 11 is 1.43. The Labute approximate surface area is 128 Å². The Morgan fingerprint density at radius 2 is 2.10 bits per heavy atom. The van der Waals surface area contributed by atoms with Crippen LogP contribution < -0.4 is 5.32 Å². The SMILES string of the molecule is CS/C(Nc1ccccc1C)=C1/CN(C(=O)O)CCC1=O. The molecule has 0 bridgehead atoms. The van der Waals surface area contributed by atoms with E-state index in [1.54, 1.807) is 0 Å². The number of aryl methyl sites for hydroxylation is 1. The lowest BCUT2D eigenvalue weighted by atomic mass is 10.0. The predicted molar refractivity (Wildman–Crippen MR) is 84.6 cm³/mol. The van der Waals surface area contributed by atoms with Gasteiger partial charge >= 0.3 is 6.09 Å². The first-order valence-electron chi connectivity index (χ1n) is 6.63. The monoisotopic (exact) mass is 306 g/mol. The number of carbonyl (C=O) groups excluding carboxylic acids is 1. The highest BCUT2D eigenvalue weighted by molar-refractivity contribution is 8.02. The van der Waals surface area contributed by atoms with Crippen LogP contribution in [0.15, 0.2) is 34.9 Å². The van der Waals surface area contributed by atoms with Crippen molar-refractivity contribution in [3.8, 4) is 0 Å². The van der Waals surface area contributed by atoms with Gasteiger partial charge in [-0.2, -0.15) is 0 Å². The Morgan fingerprint density at radius 3 is 2.71 bits per heavy atom. The molecule has 21 heavy (non-hydrogen) atoms. The number of ketones is 1. The number of carboxylic acid groups (broad SMARTS) is 1. The van der Waals surface area contributed by atoms with Crippen molar-refractivity contribution < 1.29 is 14.7 Å². The second kappa shape index (κ2) is 6.67. The van der Waals surface area contributed by atoms with Gasteiger partial charge in [0.2, 0.25) is 0 Å². The van der Waals surface area contributed by atoms with Gasteiger partial charge in [-0.1, -0.05) is 18.2 Å². The van der Waals surface area contributed by atoms with Crippen molar-refractivity contribution in [3.63, 3.8) is 0 Å². The number of hydrogen-bond donors (Lipinski definition) is 2. The quantitative estimate of drug-likeness (QED) is 0.840. The summed E-state index contributed by atoms with van der Waals surface area (Å²) < 4.78 is 0. The zero-order valence-corrected chi connectivity index (χ0v) is 12.9. The maximum absolute atomic E-state index is 12.1. The Morgan fingerprint density at radius 1 is 1.38 bits per heavy atom. The van der Waals surface area contributed by atoms with Crippen molar-refractivity contribution in [2.24, 2.45) is 0 Å². The second-order valence-corrected chi connectivity index (χ2v) is 5.65. The highest BCUT2D eigenvalue weighted by Crippen LogP contribution is 2.26. The van der Waals surface area contributed by atoms with E-state index in [9.17, 15) is 9.59 Å². The molecule has 1 saturated heterocycles. The zero-order chi connectivity index (χ0) is 15.4. The second-order valence-electron chi connectivity index (χ2n) is 4.83. The van der Waals surface area contributed by atoms with E-state index < -0.39 is 6.09 Å². The Balaban J connectivity index is 2.30. The highest BCUT2D eigenvalue weighted by Gasteiger charge is 2.27. The van der Waals surface area contributed by atoms with E-state index in [-0.39, 0.29) is 25.3 Å². The molecule has 1 amide bonds. The summed E-state index contributed by atoms with van der Waals surface area (Å²) in [5, 5.41) is 13.1. The van der Waals surface area contributed by atoms with E-state index in [0.717, 1.165) is 16.3 Å². The molecular weight excluding hydrogens is 288 g/mol. The highest BCUT2D eigenvalue weighted by atomic mass is 32.2. The summed E-state index contributed by atoms with van der Waals surface area (Å²) in [5.41, 5.74) is 2.54. The van der Waals surface area contributed by atoms with E-state index in [4.69, 9.17) is 5.11 Å². The van der Waals surface area contributed by atoms with Crippen LogP contribution in [0.1, 0.15) is 12.0 Å². The number of benzene rings is 1. The van der Waals surface area contributed by atoms with Crippen LogP contribution in [0, 0.1) is 6.92 Å². The number of hydrogen-bond acceptors (Lipinski definition) is 4. The van der Waals surface area contributed by atoms with Gasteiger partial charge < -0.3 is 15.3 Å². The first-order valence-corrected chi connectivity index (χ1v) is 7.86. The normalized spacial score (nSPS) is 17.6. The third kappa shape index (κ3) is 3.58. The fourth-order valence-electron chi connectivity index (χ4n) is 2.19. The smallest absolute Gasteiger partial charge is 0.407 e. The minimum Gasteiger partial charge on any atom is -0.465 e. The summed E-state index contributed by atoms with van der Waals surface area (Å²) in [7, 11) is 0. The number of nitrogens with zero attached hydrogens (tertiary/aromatic N) is 1. The number of rotatable bonds is 3. The first kappa shape index (κ1) is 15.4. The minimum absolute atomic E-state index is 0.0120. The molecule has 6 heteroatoms. The molecule has 0 spiro atoms. The van der Waals surface area contributed by atoms with Crippen LogP contribution in [0.4, 0.5) is 10.5 Å². The molecule has 0 radical (unpaired) electrons. The summed E-state index contributed by atoms with van der Waals surface area (Å²) in [6, 6.07) is 7.79. The van der Waals surface area contributed by atoms with E-state index in [2.05, 4.69) is 5.32 Å². The molecule has 112 valence electrons. The average Bonchev–Trinajstić information content (AvgIpc) is 2.47. The molecule has 2 rings (SSSR count). The van der Waals surface area contributed by atoms with Crippen LogP contribution in [0.3, 0.4) is 0 Å². The first-order chi connectivity index (χ1) is 10.0. The van der Waals surface area contributed by atoms with Crippen LogP contribution in [0.2, 0.25) is 0 Å². The van der Waals surface area contributed by atoms with Crippen LogP contribution in [0.5, 0.6) is 0 Å². The topological polar surface area (TPSA) is 69.6 Å². The number of piperidine rings is 1. The molecule has 0 aromatic heterocycles. The van der Waals surface area contributed by atoms with Gasteiger partial charge in [0.1, 0.15) is 0 Å². The van der Waals surface area contributed by atoms with E-state index in [1.807, 2.05) is 37.4 Å². The molecule has 1 aromatic carbocycles. The van der Waals surface area contributed by atoms with Crippen molar-refractivity contribution in [1.82, 2.24) is 4.90 Å². The molecule has 0 unspecified atom stereocenters. The number of carbonyl (C=O) groups is 2. The third-order valence-corrected chi connectivity index (χ3v) is 4.19. The molecule has 1 heterocycles. The standard InChI is InChI=1S/C15H18N2O3S/c1-10-5-3-4-6-12(10)16-14(21-2)11-9-17(15(19)20)8-7-13(11)18/h3-6,16H,7-9H2,1-2H3,(H,19,20)/b14-11-. The number of anilines is 1. The van der Waals surface area contributed by atoms with Crippen LogP contribution in [0.25, 0.3) is 0 Å². The van der Waals surface area contributed by atoms with Gasteiger partial charge in [-0.15, -0.1) is 11.8 Å². The maximum Gasteiger partial charge on any atom is 0.407 e. The van der Waals surface area contributed by atoms with E-state index >= 15 is 0 Å². The molecule has 0 atom stereocenters. The number of Topliss-reactive ketones (excluding diaryl/α,β-unsaturated/α-hetero) is 1. The number of para-hydroxylation sites is 1. The van der Waals surface area contributed by atoms with Gasteiger partial charge in [-0.05, 0) is 24.8 Å². The van der Waals surface area contributed by atoms with Crippen LogP contribution >= 0.6 is 11.8 Å². The third-order valence-electron chi connectivity index (χ3n) is 3.44. The largest absolute Gasteiger partial charge is 0.465 e. The van der Waals surface area contributed by atoms with Crippen molar-refractivity contribution >= 4 is 29.3 Å². The zero-order valence-electron chi connectivity index (χ0n) is 12.0. The fourth-order valence-corrected chi connectivity index (χ4v) is 2.83. The van der Waals surface area contributed by atoms with Crippen molar-refractivity contribution in [2.75, 3.05) is 24.7 Å². The Hall–Kier alpha value is -1.95. The lowest BCUT2D eigenvalue weighted by molar-refractivity contribution is -0.117. The van der Waals surface area contributed by atoms with Crippen molar-refractivity contribution in [3.05, 3.63) is 40.4 Å². The van der Waals surface area contributed by atoms with Crippen molar-refractivity contribution in [1.29, 1.82) is 0 Å². The maximum atomic E-state index is 12.1. The Kier molecular flexibility index (Phi) is 4.90. The number of thioether (sulfide) groups is 1. The molecule has 5 nitrogen and oxygen atoms in total. The van der Waals surface area contributed by atoms with Gasteiger partial charge in [0.05, 0.1) is 11.6 Å². The summed E-state index contributed by atoms with van der Waals surface area (Å²) in [6.45, 7) is 2.39. The molecule has 0 aliphatic carbocycles. The molecule has 1 aliphatic heterocycles. The predicted octanol–water partition coefficient (Wildman–Crippen LogP) is 2.93. The number of amides is 1. The molecule has 0 saturated carbocycles. The van der Waals surface area contributed by atoms with Gasteiger partial charge in [0.15, 0.2) is 5.78 Å². The van der Waals surface area contributed by atoms with Gasteiger partial charge in [0.25, 0.3) is 0 Å². The Bertz CT molecular complexity index is 598. The molecule has 2 N–H and O–H groups in total. The van der Waals surface area contributed by atoms with Gasteiger partial charge in [0, 0.05) is 24.2 Å². The van der Waals surface area contributed by atoms with Gasteiger partial charge in [-0.3, -0.25) is 4.79 Å². The van der Waals surface area contributed by atoms with Crippen molar-refractivity contribution in [2.45, 2.75) is 13.3 Å². The summed E-state index contributed by atoms with van der Waals surface area (Å²) in [4.78, 5) is 24.5. The summed E-state index contributed by atoms with van der Waals surface area (Å²) in [5.74, 6) is 0.0120. The summed E-state index contributed by atoms with van der Waals surface area (Å²) in [6.07, 6.45) is 1.12. The lowest BCUT2D eigenvalue weighted by Crippen LogP contribution is -2.40. The van der Waals surface area contributed by atoms with Gasteiger partial charge in [-0.25, -0.2) is 4.79 Å². The molecule has 1 aliphatic rings. The van der Waals surface area contributed by atoms with Crippen LogP contribution in [-0.4, -0.2) is 41.2 Å². The average molecular weight is 306 g/mol. The van der Waals surface area contributed by atoms with Crippen LogP contribution in [-0.2, 0) is 4.79 Å². The lowest BCUT2D eigenvalue weighted by Gasteiger charge is -2.27. The number of likely N-dealkylation sites (tertiary alicyclic amines) is 1. The number of nitrogens with one attached hydrogen (secondary N) is 1. The van der Waals surface area contributed by atoms with E-state index in [0.29, 0.717) is 5.57 Å². The fraction of sp³-hybridized carbons (Fsp3) is 0.333. The molecular formula is C15H18N2O3S.